The number of aryl methyl sites for hydroxylation is 1. The molecule has 3 aromatic rings. The van der Waals surface area contributed by atoms with Gasteiger partial charge in [0.1, 0.15) is 0 Å². The lowest BCUT2D eigenvalue weighted by molar-refractivity contribution is 0.943. The van der Waals surface area contributed by atoms with Crippen molar-refractivity contribution >= 4 is 23.2 Å². The van der Waals surface area contributed by atoms with Crippen molar-refractivity contribution in [2.24, 2.45) is 12.1 Å². The van der Waals surface area contributed by atoms with Gasteiger partial charge in [0.05, 0.1) is 17.2 Å². The summed E-state index contributed by atoms with van der Waals surface area (Å²) in [6, 6.07) is 11.8. The maximum Gasteiger partial charge on any atom is 0.224 e. The Balaban J connectivity index is 1.82. The van der Waals surface area contributed by atoms with Gasteiger partial charge in [0.25, 0.3) is 0 Å². The number of rotatable bonds is 3. The van der Waals surface area contributed by atoms with Gasteiger partial charge in [0.2, 0.25) is 5.95 Å². The van der Waals surface area contributed by atoms with Crippen LogP contribution >= 0.6 is 0 Å². The fraction of sp³-hybridized carbons (Fsp3) is 0.0714. The SMILES string of the molecule is Cn1c(N/N=C/c2cccnc2)nc2ccccc21. The second kappa shape index (κ2) is 4.89. The van der Waals surface area contributed by atoms with Gasteiger partial charge in [-0.25, -0.2) is 10.4 Å². The van der Waals surface area contributed by atoms with E-state index in [1.54, 1.807) is 18.6 Å². The second-order valence-electron chi connectivity index (χ2n) is 4.14. The molecule has 0 saturated heterocycles. The summed E-state index contributed by atoms with van der Waals surface area (Å²) in [4.78, 5) is 8.49. The fourth-order valence-electron chi connectivity index (χ4n) is 1.86. The molecule has 0 aliphatic carbocycles. The third-order valence-electron chi connectivity index (χ3n) is 2.85. The molecule has 3 rings (SSSR count). The zero-order valence-corrected chi connectivity index (χ0v) is 10.5. The van der Waals surface area contributed by atoms with Crippen molar-refractivity contribution in [1.29, 1.82) is 0 Å². The molecular formula is C14H13N5. The number of hydrogen-bond acceptors (Lipinski definition) is 4. The lowest BCUT2D eigenvalue weighted by Gasteiger charge is -2.00. The molecule has 0 aliphatic rings. The van der Waals surface area contributed by atoms with Crippen molar-refractivity contribution in [1.82, 2.24) is 14.5 Å². The van der Waals surface area contributed by atoms with Crippen LogP contribution in [0.3, 0.4) is 0 Å². The average molecular weight is 251 g/mol. The first-order chi connectivity index (χ1) is 9.34. The highest BCUT2D eigenvalue weighted by Crippen LogP contribution is 2.17. The van der Waals surface area contributed by atoms with E-state index in [1.807, 2.05) is 48.0 Å². The normalized spacial score (nSPS) is 11.2. The molecule has 2 aromatic heterocycles. The first-order valence-corrected chi connectivity index (χ1v) is 5.95. The van der Waals surface area contributed by atoms with Crippen LogP contribution in [-0.4, -0.2) is 20.7 Å². The number of hydrogen-bond donors (Lipinski definition) is 1. The number of nitrogens with zero attached hydrogens (tertiary/aromatic N) is 4. The molecule has 0 amide bonds. The van der Waals surface area contributed by atoms with Crippen LogP contribution in [0.5, 0.6) is 0 Å². The molecule has 5 heteroatoms. The lowest BCUT2D eigenvalue weighted by atomic mass is 10.3. The van der Waals surface area contributed by atoms with Gasteiger partial charge >= 0.3 is 0 Å². The predicted octanol–water partition coefficient (Wildman–Crippen LogP) is 2.41. The van der Waals surface area contributed by atoms with E-state index in [2.05, 4.69) is 20.5 Å². The van der Waals surface area contributed by atoms with Crippen molar-refractivity contribution in [3.63, 3.8) is 0 Å². The third kappa shape index (κ3) is 2.30. The molecule has 0 radical (unpaired) electrons. The van der Waals surface area contributed by atoms with Crippen molar-refractivity contribution in [3.05, 3.63) is 54.4 Å². The summed E-state index contributed by atoms with van der Waals surface area (Å²) >= 11 is 0. The van der Waals surface area contributed by atoms with E-state index in [0.717, 1.165) is 16.6 Å². The highest BCUT2D eigenvalue weighted by Gasteiger charge is 2.04. The summed E-state index contributed by atoms with van der Waals surface area (Å²) in [5.74, 6) is 0.710. The van der Waals surface area contributed by atoms with Crippen molar-refractivity contribution in [3.8, 4) is 0 Å². The Morgan fingerprint density at radius 1 is 1.21 bits per heavy atom. The summed E-state index contributed by atoms with van der Waals surface area (Å²) in [5.41, 5.74) is 5.90. The Morgan fingerprint density at radius 2 is 2.11 bits per heavy atom. The molecular weight excluding hydrogens is 238 g/mol. The van der Waals surface area contributed by atoms with Gasteiger partial charge in [-0.3, -0.25) is 4.98 Å². The van der Waals surface area contributed by atoms with E-state index >= 15 is 0 Å². The zero-order chi connectivity index (χ0) is 13.1. The molecule has 0 aliphatic heterocycles. The van der Waals surface area contributed by atoms with Gasteiger partial charge in [0, 0.05) is 25.0 Å². The minimum Gasteiger partial charge on any atom is -0.312 e. The second-order valence-corrected chi connectivity index (χ2v) is 4.14. The minimum absolute atomic E-state index is 0.710. The van der Waals surface area contributed by atoms with Crippen LogP contribution in [0.4, 0.5) is 5.95 Å². The number of hydrazone groups is 1. The van der Waals surface area contributed by atoms with Crippen LogP contribution in [0.2, 0.25) is 0 Å². The van der Waals surface area contributed by atoms with Crippen LogP contribution in [0.25, 0.3) is 11.0 Å². The van der Waals surface area contributed by atoms with Crippen molar-refractivity contribution in [2.75, 3.05) is 5.43 Å². The van der Waals surface area contributed by atoms with Crippen LogP contribution in [0, 0.1) is 0 Å². The molecule has 1 N–H and O–H groups in total. The summed E-state index contributed by atoms with van der Waals surface area (Å²) in [5, 5.41) is 4.17. The molecule has 19 heavy (non-hydrogen) atoms. The topological polar surface area (TPSA) is 55.1 Å². The molecule has 0 bridgehead atoms. The molecule has 0 spiro atoms. The van der Waals surface area contributed by atoms with Gasteiger partial charge < -0.3 is 4.57 Å². The van der Waals surface area contributed by atoms with Crippen molar-refractivity contribution < 1.29 is 0 Å². The first-order valence-electron chi connectivity index (χ1n) is 5.95. The van der Waals surface area contributed by atoms with Gasteiger partial charge in [-0.05, 0) is 18.2 Å². The Kier molecular flexibility index (Phi) is 2.94. The smallest absolute Gasteiger partial charge is 0.224 e. The molecule has 94 valence electrons. The lowest BCUT2D eigenvalue weighted by Crippen LogP contribution is -1.98. The van der Waals surface area contributed by atoms with E-state index in [4.69, 9.17) is 0 Å². The Labute approximate surface area is 110 Å². The van der Waals surface area contributed by atoms with Crippen LogP contribution < -0.4 is 5.43 Å². The summed E-state index contributed by atoms with van der Waals surface area (Å²) in [7, 11) is 1.96. The molecule has 0 unspecified atom stereocenters. The molecule has 0 saturated carbocycles. The average Bonchev–Trinajstić information content (AvgIpc) is 2.78. The monoisotopic (exact) mass is 251 g/mol. The molecule has 5 nitrogen and oxygen atoms in total. The van der Waals surface area contributed by atoms with E-state index in [9.17, 15) is 0 Å². The number of anilines is 1. The van der Waals surface area contributed by atoms with Gasteiger partial charge in [0.15, 0.2) is 0 Å². The molecule has 0 atom stereocenters. The number of imidazole rings is 1. The van der Waals surface area contributed by atoms with E-state index in [-0.39, 0.29) is 0 Å². The number of pyridine rings is 1. The van der Waals surface area contributed by atoms with Gasteiger partial charge in [-0.2, -0.15) is 5.10 Å². The molecule has 1 aromatic carbocycles. The van der Waals surface area contributed by atoms with Crippen LogP contribution in [-0.2, 0) is 7.05 Å². The quantitative estimate of drug-likeness (QED) is 0.574. The largest absolute Gasteiger partial charge is 0.312 e. The number of fused-ring (bicyclic) bond motifs is 1. The number of para-hydroxylation sites is 2. The van der Waals surface area contributed by atoms with Gasteiger partial charge in [-0.1, -0.05) is 18.2 Å². The zero-order valence-electron chi connectivity index (χ0n) is 10.5. The predicted molar refractivity (Wildman–Crippen MR) is 76.2 cm³/mol. The third-order valence-corrected chi connectivity index (χ3v) is 2.85. The van der Waals surface area contributed by atoms with E-state index < -0.39 is 0 Å². The number of benzene rings is 1. The van der Waals surface area contributed by atoms with E-state index in [1.165, 1.54) is 0 Å². The maximum absolute atomic E-state index is 4.47. The molecule has 2 heterocycles. The summed E-state index contributed by atoms with van der Waals surface area (Å²) < 4.78 is 1.97. The number of nitrogens with one attached hydrogen (secondary N) is 1. The Bertz CT molecular complexity index is 715. The van der Waals surface area contributed by atoms with Gasteiger partial charge in [-0.15, -0.1) is 0 Å². The van der Waals surface area contributed by atoms with Crippen LogP contribution in [0.15, 0.2) is 53.9 Å². The highest BCUT2D eigenvalue weighted by atomic mass is 15.4. The Hall–Kier alpha value is -2.69. The van der Waals surface area contributed by atoms with E-state index in [0.29, 0.717) is 5.95 Å². The highest BCUT2D eigenvalue weighted by molar-refractivity contribution is 5.81. The Morgan fingerprint density at radius 3 is 2.89 bits per heavy atom. The summed E-state index contributed by atoms with van der Waals surface area (Å²) in [6.45, 7) is 0. The first kappa shape index (κ1) is 11.4. The molecule has 0 fully saturated rings. The maximum atomic E-state index is 4.47. The summed E-state index contributed by atoms with van der Waals surface area (Å²) in [6.07, 6.45) is 5.20. The van der Waals surface area contributed by atoms with Crippen LogP contribution in [0.1, 0.15) is 5.56 Å². The minimum atomic E-state index is 0.710. The van der Waals surface area contributed by atoms with Crippen molar-refractivity contribution in [2.45, 2.75) is 0 Å². The standard InChI is InChI=1S/C14H13N5/c1-19-13-7-3-2-6-12(13)17-14(19)18-16-10-11-5-4-8-15-9-11/h2-10H,1H3,(H,17,18)/b16-10+. The fourth-order valence-corrected chi connectivity index (χ4v) is 1.86. The number of aromatic nitrogens is 3.